The highest BCUT2D eigenvalue weighted by molar-refractivity contribution is 5.68. The number of hydrogen-bond acceptors (Lipinski definition) is 3. The van der Waals surface area contributed by atoms with Crippen molar-refractivity contribution in [3.8, 4) is 0 Å². The SMILES string of the molecule is CC(C)(C)OC(=O)N1CCCC(CCCNc2ccccc2)C1. The summed E-state index contributed by atoms with van der Waals surface area (Å²) in [5.74, 6) is 0.592. The van der Waals surface area contributed by atoms with E-state index in [1.165, 1.54) is 12.1 Å². The standard InChI is InChI=1S/C19H30N2O2/c1-19(2,3)23-18(22)21-14-8-10-16(15-21)9-7-13-20-17-11-5-4-6-12-17/h4-6,11-12,16,20H,7-10,13-15H2,1-3H3. The summed E-state index contributed by atoms with van der Waals surface area (Å²) >= 11 is 0. The Bertz CT molecular complexity index is 482. The number of carbonyl (C=O) groups is 1. The zero-order chi connectivity index (χ0) is 16.7. The zero-order valence-corrected chi connectivity index (χ0v) is 14.7. The van der Waals surface area contributed by atoms with Gasteiger partial charge in [-0.05, 0) is 64.5 Å². The Morgan fingerprint density at radius 2 is 2.04 bits per heavy atom. The fourth-order valence-corrected chi connectivity index (χ4v) is 2.97. The Hall–Kier alpha value is -1.71. The third-order valence-corrected chi connectivity index (χ3v) is 4.06. The van der Waals surface area contributed by atoms with E-state index < -0.39 is 5.60 Å². The lowest BCUT2D eigenvalue weighted by atomic mass is 9.93. The van der Waals surface area contributed by atoms with Crippen LogP contribution in [-0.2, 0) is 4.74 Å². The predicted octanol–water partition coefficient (Wildman–Crippen LogP) is 4.53. The molecule has 2 rings (SSSR count). The van der Waals surface area contributed by atoms with Crippen LogP contribution in [0.2, 0.25) is 0 Å². The molecule has 0 bridgehead atoms. The average Bonchev–Trinajstić information content (AvgIpc) is 2.51. The van der Waals surface area contributed by atoms with Crippen molar-refractivity contribution < 1.29 is 9.53 Å². The van der Waals surface area contributed by atoms with E-state index in [0.29, 0.717) is 5.92 Å². The van der Waals surface area contributed by atoms with Crippen molar-refractivity contribution in [3.63, 3.8) is 0 Å². The van der Waals surface area contributed by atoms with Crippen molar-refractivity contribution in [2.45, 2.75) is 52.1 Å². The average molecular weight is 318 g/mol. The van der Waals surface area contributed by atoms with E-state index in [-0.39, 0.29) is 6.09 Å². The molecule has 4 heteroatoms. The monoisotopic (exact) mass is 318 g/mol. The van der Waals surface area contributed by atoms with Crippen LogP contribution < -0.4 is 5.32 Å². The van der Waals surface area contributed by atoms with Crippen LogP contribution in [0.15, 0.2) is 30.3 Å². The molecule has 0 saturated carbocycles. The second kappa shape index (κ2) is 8.23. The molecule has 1 aliphatic heterocycles. The fourth-order valence-electron chi connectivity index (χ4n) is 2.97. The number of piperidine rings is 1. The zero-order valence-electron chi connectivity index (χ0n) is 14.7. The molecule has 1 atom stereocenters. The summed E-state index contributed by atoms with van der Waals surface area (Å²) in [6.07, 6.45) is 4.41. The molecular formula is C19H30N2O2. The Labute approximate surface area is 140 Å². The molecule has 23 heavy (non-hydrogen) atoms. The van der Waals surface area contributed by atoms with Crippen molar-refractivity contribution in [2.75, 3.05) is 25.0 Å². The first-order chi connectivity index (χ1) is 10.9. The van der Waals surface area contributed by atoms with Crippen molar-refractivity contribution in [2.24, 2.45) is 5.92 Å². The number of hydrogen-bond donors (Lipinski definition) is 1. The number of anilines is 1. The third kappa shape index (κ3) is 6.51. The van der Waals surface area contributed by atoms with Crippen LogP contribution >= 0.6 is 0 Å². The fraction of sp³-hybridized carbons (Fsp3) is 0.632. The van der Waals surface area contributed by atoms with Gasteiger partial charge in [-0.1, -0.05) is 18.2 Å². The van der Waals surface area contributed by atoms with E-state index in [1.54, 1.807) is 0 Å². The quantitative estimate of drug-likeness (QED) is 0.811. The maximum Gasteiger partial charge on any atom is 0.410 e. The Morgan fingerprint density at radius 1 is 1.30 bits per heavy atom. The smallest absolute Gasteiger partial charge is 0.410 e. The van der Waals surface area contributed by atoms with E-state index in [4.69, 9.17) is 4.74 Å². The van der Waals surface area contributed by atoms with Crippen LogP contribution in [0.4, 0.5) is 10.5 Å². The lowest BCUT2D eigenvalue weighted by Gasteiger charge is -2.34. The first-order valence-corrected chi connectivity index (χ1v) is 8.71. The molecule has 128 valence electrons. The number of benzene rings is 1. The van der Waals surface area contributed by atoms with Gasteiger partial charge in [0.05, 0.1) is 0 Å². The number of amides is 1. The molecule has 0 radical (unpaired) electrons. The van der Waals surface area contributed by atoms with Gasteiger partial charge in [-0.3, -0.25) is 0 Å². The molecule has 4 nitrogen and oxygen atoms in total. The molecule has 1 aromatic carbocycles. The molecule has 1 amide bonds. The molecule has 1 unspecified atom stereocenters. The molecule has 1 aliphatic rings. The van der Waals surface area contributed by atoms with Crippen molar-refractivity contribution in [1.29, 1.82) is 0 Å². The van der Waals surface area contributed by atoms with Gasteiger partial charge in [0, 0.05) is 25.3 Å². The van der Waals surface area contributed by atoms with Gasteiger partial charge in [0.2, 0.25) is 0 Å². The number of carbonyl (C=O) groups excluding carboxylic acids is 1. The Balaban J connectivity index is 1.68. The lowest BCUT2D eigenvalue weighted by Crippen LogP contribution is -2.42. The maximum absolute atomic E-state index is 12.2. The molecule has 0 spiro atoms. The highest BCUT2D eigenvalue weighted by atomic mass is 16.6. The topological polar surface area (TPSA) is 41.6 Å². The summed E-state index contributed by atoms with van der Waals surface area (Å²) in [5, 5.41) is 3.44. The molecule has 0 aromatic heterocycles. The van der Waals surface area contributed by atoms with Gasteiger partial charge in [-0.15, -0.1) is 0 Å². The van der Waals surface area contributed by atoms with Gasteiger partial charge in [0.25, 0.3) is 0 Å². The number of para-hydroxylation sites is 1. The second-order valence-corrected chi connectivity index (χ2v) is 7.37. The first-order valence-electron chi connectivity index (χ1n) is 8.71. The van der Waals surface area contributed by atoms with Crippen LogP contribution in [0.5, 0.6) is 0 Å². The van der Waals surface area contributed by atoms with Crippen LogP contribution in [0.1, 0.15) is 46.5 Å². The minimum Gasteiger partial charge on any atom is -0.444 e. The number of ether oxygens (including phenoxy) is 1. The summed E-state index contributed by atoms with van der Waals surface area (Å²) in [6.45, 7) is 8.39. The first kappa shape index (κ1) is 17.6. The maximum atomic E-state index is 12.2. The van der Waals surface area contributed by atoms with Gasteiger partial charge >= 0.3 is 6.09 Å². The van der Waals surface area contributed by atoms with Gasteiger partial charge in [-0.2, -0.15) is 0 Å². The molecule has 1 aromatic rings. The summed E-state index contributed by atoms with van der Waals surface area (Å²) < 4.78 is 5.48. The van der Waals surface area contributed by atoms with Gasteiger partial charge in [0.1, 0.15) is 5.60 Å². The third-order valence-electron chi connectivity index (χ3n) is 4.06. The van der Waals surface area contributed by atoms with Gasteiger partial charge in [-0.25, -0.2) is 4.79 Å². The molecular weight excluding hydrogens is 288 g/mol. The summed E-state index contributed by atoms with van der Waals surface area (Å²) in [7, 11) is 0. The van der Waals surface area contributed by atoms with E-state index in [9.17, 15) is 4.79 Å². The number of nitrogens with one attached hydrogen (secondary N) is 1. The van der Waals surface area contributed by atoms with E-state index >= 15 is 0 Å². The summed E-state index contributed by atoms with van der Waals surface area (Å²) in [6, 6.07) is 10.3. The van der Waals surface area contributed by atoms with Crippen LogP contribution in [-0.4, -0.2) is 36.2 Å². The number of rotatable bonds is 5. The largest absolute Gasteiger partial charge is 0.444 e. The lowest BCUT2D eigenvalue weighted by molar-refractivity contribution is 0.0161. The van der Waals surface area contributed by atoms with E-state index in [0.717, 1.165) is 38.9 Å². The molecule has 1 fully saturated rings. The van der Waals surface area contributed by atoms with Crippen LogP contribution in [0, 0.1) is 5.92 Å². The van der Waals surface area contributed by atoms with E-state index in [2.05, 4.69) is 17.4 Å². The minimum atomic E-state index is -0.413. The summed E-state index contributed by atoms with van der Waals surface area (Å²) in [5.41, 5.74) is 0.760. The van der Waals surface area contributed by atoms with Gasteiger partial charge < -0.3 is 15.0 Å². The molecule has 0 aliphatic carbocycles. The van der Waals surface area contributed by atoms with Crippen LogP contribution in [0.3, 0.4) is 0 Å². The highest BCUT2D eigenvalue weighted by Crippen LogP contribution is 2.22. The van der Waals surface area contributed by atoms with Gasteiger partial charge in [0.15, 0.2) is 0 Å². The predicted molar refractivity (Wildman–Crippen MR) is 94.7 cm³/mol. The molecule has 1 saturated heterocycles. The van der Waals surface area contributed by atoms with Crippen molar-refractivity contribution >= 4 is 11.8 Å². The molecule has 1 N–H and O–H groups in total. The number of nitrogens with zero attached hydrogens (tertiary/aromatic N) is 1. The molecule has 1 heterocycles. The second-order valence-electron chi connectivity index (χ2n) is 7.37. The van der Waals surface area contributed by atoms with Crippen molar-refractivity contribution in [3.05, 3.63) is 30.3 Å². The summed E-state index contributed by atoms with van der Waals surface area (Å²) in [4.78, 5) is 14.0. The Kier molecular flexibility index (Phi) is 6.31. The number of likely N-dealkylation sites (tertiary alicyclic amines) is 1. The Morgan fingerprint density at radius 3 is 2.74 bits per heavy atom. The van der Waals surface area contributed by atoms with Crippen molar-refractivity contribution in [1.82, 2.24) is 4.90 Å². The minimum absolute atomic E-state index is 0.162. The normalized spacial score (nSPS) is 18.6. The van der Waals surface area contributed by atoms with Crippen LogP contribution in [0.25, 0.3) is 0 Å². The highest BCUT2D eigenvalue weighted by Gasteiger charge is 2.27. The van der Waals surface area contributed by atoms with E-state index in [1.807, 2.05) is 43.9 Å².